The molecule has 0 aliphatic carbocycles. The van der Waals surface area contributed by atoms with E-state index >= 15 is 0 Å². The Bertz CT molecular complexity index is 857. The Kier molecular flexibility index (Phi) is 5.41. The summed E-state index contributed by atoms with van der Waals surface area (Å²) >= 11 is 5.18. The van der Waals surface area contributed by atoms with E-state index < -0.39 is 12.2 Å². The van der Waals surface area contributed by atoms with Gasteiger partial charge in [-0.15, -0.1) is 34.4 Å². The lowest BCUT2D eigenvalue weighted by atomic mass is 9.91. The predicted molar refractivity (Wildman–Crippen MR) is 111 cm³/mol. The monoisotopic (exact) mass is 406 g/mol. The number of thiophene rings is 2. The molecule has 3 nitrogen and oxygen atoms in total. The number of hydrogen-bond donors (Lipinski definition) is 3. The Hall–Kier alpha value is -0.890. The van der Waals surface area contributed by atoms with Gasteiger partial charge < -0.3 is 15.3 Å². The maximum atomic E-state index is 10.6. The molecule has 26 heavy (non-hydrogen) atoms. The van der Waals surface area contributed by atoms with Crippen molar-refractivity contribution in [3.8, 4) is 0 Å². The van der Waals surface area contributed by atoms with Crippen LogP contribution in [0.5, 0.6) is 0 Å². The molecule has 3 heterocycles. The van der Waals surface area contributed by atoms with E-state index in [1.165, 1.54) is 19.8 Å². The maximum Gasteiger partial charge on any atom is 0.0961 e. The topological polar surface area (TPSA) is 60.7 Å². The highest BCUT2D eigenvalue weighted by molar-refractivity contribution is 8.00. The van der Waals surface area contributed by atoms with Crippen LogP contribution in [-0.4, -0.2) is 39.4 Å². The molecule has 0 unspecified atom stereocenters. The van der Waals surface area contributed by atoms with E-state index in [4.69, 9.17) is 0 Å². The van der Waals surface area contributed by atoms with Crippen LogP contribution < -0.4 is 0 Å². The molecule has 1 aliphatic rings. The molecule has 5 atom stereocenters. The summed E-state index contributed by atoms with van der Waals surface area (Å²) in [7, 11) is 0. The lowest BCUT2D eigenvalue weighted by Crippen LogP contribution is -2.46. The Morgan fingerprint density at radius 3 is 2.69 bits per heavy atom. The lowest BCUT2D eigenvalue weighted by molar-refractivity contribution is -0.0239. The molecule has 0 bridgehead atoms. The van der Waals surface area contributed by atoms with Crippen LogP contribution in [0.3, 0.4) is 0 Å². The normalized spacial score (nSPS) is 29.3. The number of fused-ring (bicyclic) bond motifs is 1. The smallest absolute Gasteiger partial charge is 0.0961 e. The molecular formula is C20H22O3S3. The third-order valence-corrected chi connectivity index (χ3v) is 9.12. The summed E-state index contributed by atoms with van der Waals surface area (Å²) in [6, 6.07) is 12.7. The van der Waals surface area contributed by atoms with Crippen LogP contribution in [-0.2, 0) is 6.42 Å². The second-order valence-electron chi connectivity index (χ2n) is 6.92. The summed E-state index contributed by atoms with van der Waals surface area (Å²) in [4.78, 5) is 1.34. The molecule has 1 saturated heterocycles. The number of thioether (sulfide) groups is 1. The van der Waals surface area contributed by atoms with E-state index in [0.717, 1.165) is 12.0 Å². The van der Waals surface area contributed by atoms with Crippen LogP contribution in [0.2, 0.25) is 0 Å². The molecule has 0 amide bonds. The minimum absolute atomic E-state index is 0.0116. The van der Waals surface area contributed by atoms with Crippen molar-refractivity contribution in [2.24, 2.45) is 5.92 Å². The molecule has 1 fully saturated rings. The zero-order chi connectivity index (χ0) is 18.3. The summed E-state index contributed by atoms with van der Waals surface area (Å²) in [6.07, 6.45) is -0.762. The first-order chi connectivity index (χ1) is 12.6. The van der Waals surface area contributed by atoms with Crippen molar-refractivity contribution in [1.29, 1.82) is 0 Å². The number of aliphatic hydroxyl groups is 3. The largest absolute Gasteiger partial charge is 0.395 e. The molecule has 3 aromatic rings. The van der Waals surface area contributed by atoms with Crippen LogP contribution >= 0.6 is 34.4 Å². The number of aliphatic hydroxyl groups excluding tert-OH is 3. The maximum absolute atomic E-state index is 10.6. The van der Waals surface area contributed by atoms with Crippen LogP contribution in [0.4, 0.5) is 0 Å². The molecule has 3 N–H and O–H groups in total. The second-order valence-corrected chi connectivity index (χ2v) is 10.6. The molecule has 2 aromatic heterocycles. The van der Waals surface area contributed by atoms with Crippen LogP contribution in [0.1, 0.15) is 28.2 Å². The standard InChI is InChI=1S/C20H22O3S3/c1-11-16(10-21)26-19(18(23)17(11)22)13-4-2-3-12(7-13)8-15-9-14-5-6-24-20(14)25-15/h2-7,9,11,16-19,21-23H,8,10H2,1H3/t11-,16-,17+,18-,19+/m1/s1. The van der Waals surface area contributed by atoms with E-state index in [-0.39, 0.29) is 23.0 Å². The zero-order valence-electron chi connectivity index (χ0n) is 14.4. The number of hydrogen-bond acceptors (Lipinski definition) is 6. The van der Waals surface area contributed by atoms with Crippen LogP contribution in [0.25, 0.3) is 9.40 Å². The molecule has 1 aromatic carbocycles. The molecule has 138 valence electrons. The van der Waals surface area contributed by atoms with Gasteiger partial charge in [-0.05, 0) is 34.6 Å². The lowest BCUT2D eigenvalue weighted by Gasteiger charge is -2.40. The van der Waals surface area contributed by atoms with Gasteiger partial charge in [0.15, 0.2) is 0 Å². The van der Waals surface area contributed by atoms with E-state index in [2.05, 4.69) is 29.6 Å². The van der Waals surface area contributed by atoms with E-state index in [9.17, 15) is 15.3 Å². The number of rotatable bonds is 4. The average molecular weight is 407 g/mol. The fourth-order valence-corrected chi connectivity index (χ4v) is 7.26. The summed E-state index contributed by atoms with van der Waals surface area (Å²) in [5.41, 5.74) is 2.22. The summed E-state index contributed by atoms with van der Waals surface area (Å²) in [5.74, 6) is -0.126. The van der Waals surface area contributed by atoms with Gasteiger partial charge in [0, 0.05) is 21.9 Å². The Labute approximate surface area is 165 Å². The molecule has 6 heteroatoms. The minimum atomic E-state index is -0.819. The van der Waals surface area contributed by atoms with Crippen LogP contribution in [0, 0.1) is 5.92 Å². The van der Waals surface area contributed by atoms with Crippen molar-refractivity contribution < 1.29 is 15.3 Å². The highest BCUT2D eigenvalue weighted by Crippen LogP contribution is 2.45. The first-order valence-corrected chi connectivity index (χ1v) is 11.4. The van der Waals surface area contributed by atoms with Crippen LogP contribution in [0.15, 0.2) is 41.8 Å². The third-order valence-electron chi connectivity index (χ3n) is 5.14. The van der Waals surface area contributed by atoms with Gasteiger partial charge in [-0.1, -0.05) is 31.2 Å². The highest BCUT2D eigenvalue weighted by Gasteiger charge is 2.42. The van der Waals surface area contributed by atoms with Gasteiger partial charge in [-0.2, -0.15) is 0 Å². The quantitative estimate of drug-likeness (QED) is 0.611. The van der Waals surface area contributed by atoms with Gasteiger partial charge in [0.05, 0.1) is 28.1 Å². The van der Waals surface area contributed by atoms with Crippen molar-refractivity contribution in [3.05, 3.63) is 57.8 Å². The van der Waals surface area contributed by atoms with Gasteiger partial charge >= 0.3 is 0 Å². The van der Waals surface area contributed by atoms with Crippen molar-refractivity contribution in [2.75, 3.05) is 6.61 Å². The first kappa shape index (κ1) is 18.5. The molecule has 0 radical (unpaired) electrons. The van der Waals surface area contributed by atoms with Gasteiger partial charge in [0.25, 0.3) is 0 Å². The molecule has 1 aliphatic heterocycles. The van der Waals surface area contributed by atoms with Gasteiger partial charge in [-0.25, -0.2) is 0 Å². The van der Waals surface area contributed by atoms with E-state index in [1.54, 1.807) is 23.1 Å². The molecule has 4 rings (SSSR count). The Balaban J connectivity index is 1.57. The Morgan fingerprint density at radius 2 is 1.92 bits per heavy atom. The molecule has 0 saturated carbocycles. The van der Waals surface area contributed by atoms with Crippen molar-refractivity contribution in [1.82, 2.24) is 0 Å². The highest BCUT2D eigenvalue weighted by atomic mass is 32.2. The third kappa shape index (κ3) is 3.46. The van der Waals surface area contributed by atoms with Gasteiger partial charge in [0.1, 0.15) is 0 Å². The summed E-state index contributed by atoms with van der Waals surface area (Å²) < 4.78 is 1.36. The second kappa shape index (κ2) is 7.62. The Morgan fingerprint density at radius 1 is 1.08 bits per heavy atom. The fraction of sp³-hybridized carbons (Fsp3) is 0.400. The summed E-state index contributed by atoms with van der Waals surface area (Å²) in [5, 5.41) is 33.7. The fourth-order valence-electron chi connectivity index (χ4n) is 3.57. The van der Waals surface area contributed by atoms with E-state index in [0.29, 0.717) is 0 Å². The molecule has 0 spiro atoms. The minimum Gasteiger partial charge on any atom is -0.395 e. The van der Waals surface area contributed by atoms with Gasteiger partial charge in [0.2, 0.25) is 0 Å². The van der Waals surface area contributed by atoms with E-state index in [1.807, 2.05) is 30.4 Å². The summed E-state index contributed by atoms with van der Waals surface area (Å²) in [6.45, 7) is 1.90. The SMILES string of the molecule is C[C@H]1[C@H](O)[C@@H](O)[C@H](c2cccc(Cc3cc4ccsc4s3)c2)S[C@@H]1CO. The van der Waals surface area contributed by atoms with Crippen molar-refractivity contribution >= 4 is 43.8 Å². The first-order valence-electron chi connectivity index (χ1n) is 8.74. The van der Waals surface area contributed by atoms with Crippen molar-refractivity contribution in [2.45, 2.75) is 36.1 Å². The molecular weight excluding hydrogens is 384 g/mol. The van der Waals surface area contributed by atoms with Gasteiger partial charge in [-0.3, -0.25) is 0 Å². The average Bonchev–Trinajstić information content (AvgIpc) is 3.22. The zero-order valence-corrected chi connectivity index (χ0v) is 16.9. The number of benzene rings is 1. The van der Waals surface area contributed by atoms with Crippen molar-refractivity contribution in [3.63, 3.8) is 0 Å². The predicted octanol–water partition coefficient (Wildman–Crippen LogP) is 4.06.